The minimum atomic E-state index is -0.473. The van der Waals surface area contributed by atoms with Gasteiger partial charge in [0, 0.05) is 0 Å². The lowest BCUT2D eigenvalue weighted by Crippen LogP contribution is -2.02. The van der Waals surface area contributed by atoms with Crippen LogP contribution in [0.2, 0.25) is 0 Å². The number of nitrogens with one attached hydrogen (secondary N) is 1. The molecule has 2 aromatic rings. The maximum atomic E-state index is 11.3. The Labute approximate surface area is 146 Å². The van der Waals surface area contributed by atoms with Crippen LogP contribution < -0.4 is 14.9 Å². The lowest BCUT2D eigenvalue weighted by atomic mass is 10.1. The molecule has 0 saturated heterocycles. The molecule has 25 heavy (non-hydrogen) atoms. The largest absolute Gasteiger partial charge is 0.493 e. The van der Waals surface area contributed by atoms with E-state index in [0.717, 1.165) is 17.7 Å². The number of nitrogens with zero attached hydrogens (tertiary/aromatic N) is 2. The molecular weight excluding hydrogens is 322 g/mol. The fourth-order valence-corrected chi connectivity index (χ4v) is 2.12. The van der Waals surface area contributed by atoms with Crippen LogP contribution in [0.5, 0.6) is 11.5 Å². The molecule has 0 aromatic heterocycles. The molecule has 0 aliphatic heterocycles. The lowest BCUT2D eigenvalue weighted by molar-refractivity contribution is -0.385. The van der Waals surface area contributed by atoms with Gasteiger partial charge >= 0.3 is 0 Å². The normalized spacial score (nSPS) is 10.7. The predicted octanol–water partition coefficient (Wildman–Crippen LogP) is 4.15. The number of hydrogen-bond donors (Lipinski definition) is 1. The number of rotatable bonds is 8. The first-order chi connectivity index (χ1) is 12.0. The van der Waals surface area contributed by atoms with Crippen LogP contribution in [0.1, 0.15) is 24.5 Å². The van der Waals surface area contributed by atoms with Gasteiger partial charge in [-0.3, -0.25) is 15.5 Å². The number of ether oxygens (including phenoxy) is 2. The van der Waals surface area contributed by atoms with Gasteiger partial charge in [0.2, 0.25) is 0 Å². The highest BCUT2D eigenvalue weighted by Gasteiger charge is 2.18. The van der Waals surface area contributed by atoms with Crippen molar-refractivity contribution in [1.82, 2.24) is 0 Å². The van der Waals surface area contributed by atoms with Crippen molar-refractivity contribution in [2.24, 2.45) is 5.10 Å². The SMILES string of the molecule is CCCOc1cc(C=NNc2ccc(C)cc2)c([N+](=O)[O-])cc1OC. The van der Waals surface area contributed by atoms with Gasteiger partial charge in [-0.1, -0.05) is 24.6 Å². The van der Waals surface area contributed by atoms with Crippen LogP contribution in [0.4, 0.5) is 11.4 Å². The smallest absolute Gasteiger partial charge is 0.282 e. The van der Waals surface area contributed by atoms with Crippen LogP contribution >= 0.6 is 0 Å². The topological polar surface area (TPSA) is 86.0 Å². The highest BCUT2D eigenvalue weighted by Crippen LogP contribution is 2.34. The number of nitro groups is 1. The minimum absolute atomic E-state index is 0.102. The summed E-state index contributed by atoms with van der Waals surface area (Å²) in [6.45, 7) is 4.46. The first kappa shape index (κ1) is 18.3. The van der Waals surface area contributed by atoms with E-state index in [9.17, 15) is 10.1 Å². The van der Waals surface area contributed by atoms with Crippen molar-refractivity contribution >= 4 is 17.6 Å². The van der Waals surface area contributed by atoms with Crippen LogP contribution in [0.15, 0.2) is 41.5 Å². The Morgan fingerprint density at radius 3 is 2.56 bits per heavy atom. The molecule has 2 rings (SSSR count). The molecule has 0 unspecified atom stereocenters. The summed E-state index contributed by atoms with van der Waals surface area (Å²) in [4.78, 5) is 10.8. The van der Waals surface area contributed by atoms with Gasteiger partial charge in [0.05, 0.1) is 42.2 Å². The van der Waals surface area contributed by atoms with E-state index in [4.69, 9.17) is 9.47 Å². The highest BCUT2D eigenvalue weighted by molar-refractivity contribution is 5.87. The zero-order valence-electron chi connectivity index (χ0n) is 14.5. The fraction of sp³-hybridized carbons (Fsp3) is 0.278. The van der Waals surface area contributed by atoms with Gasteiger partial charge < -0.3 is 9.47 Å². The van der Waals surface area contributed by atoms with E-state index >= 15 is 0 Å². The zero-order valence-corrected chi connectivity index (χ0v) is 14.5. The van der Waals surface area contributed by atoms with E-state index < -0.39 is 4.92 Å². The van der Waals surface area contributed by atoms with E-state index in [1.165, 1.54) is 19.4 Å². The summed E-state index contributed by atoms with van der Waals surface area (Å²) in [6, 6.07) is 10.6. The van der Waals surface area contributed by atoms with Crippen LogP contribution in [-0.2, 0) is 0 Å². The van der Waals surface area contributed by atoms with Gasteiger partial charge in [0.1, 0.15) is 0 Å². The number of hydrazone groups is 1. The Morgan fingerprint density at radius 1 is 1.24 bits per heavy atom. The average Bonchev–Trinajstić information content (AvgIpc) is 2.61. The Bertz CT molecular complexity index is 758. The number of methoxy groups -OCH3 is 1. The summed E-state index contributed by atoms with van der Waals surface area (Å²) in [5.74, 6) is 0.774. The third-order valence-electron chi connectivity index (χ3n) is 3.42. The second kappa shape index (κ2) is 8.68. The molecule has 0 bridgehead atoms. The number of anilines is 1. The first-order valence-corrected chi connectivity index (χ1v) is 7.90. The summed E-state index contributed by atoms with van der Waals surface area (Å²) >= 11 is 0. The van der Waals surface area contributed by atoms with Gasteiger partial charge in [-0.05, 0) is 31.5 Å². The van der Waals surface area contributed by atoms with E-state index in [1.54, 1.807) is 6.07 Å². The molecule has 0 aliphatic rings. The number of nitro benzene ring substituents is 1. The van der Waals surface area contributed by atoms with Gasteiger partial charge in [-0.15, -0.1) is 0 Å². The molecule has 0 radical (unpaired) electrons. The van der Waals surface area contributed by atoms with Crippen LogP contribution in [0, 0.1) is 17.0 Å². The Kier molecular flexibility index (Phi) is 6.33. The third-order valence-corrected chi connectivity index (χ3v) is 3.42. The monoisotopic (exact) mass is 343 g/mol. The molecule has 7 heteroatoms. The minimum Gasteiger partial charge on any atom is -0.493 e. The molecule has 0 aliphatic carbocycles. The highest BCUT2D eigenvalue weighted by atomic mass is 16.6. The first-order valence-electron chi connectivity index (χ1n) is 7.90. The lowest BCUT2D eigenvalue weighted by Gasteiger charge is -2.11. The van der Waals surface area contributed by atoms with Gasteiger partial charge in [-0.2, -0.15) is 5.10 Å². The predicted molar refractivity (Wildman–Crippen MR) is 97.8 cm³/mol. The van der Waals surface area contributed by atoms with Crippen LogP contribution in [-0.4, -0.2) is 24.9 Å². The molecule has 0 fully saturated rings. The second-order valence-corrected chi connectivity index (χ2v) is 5.40. The van der Waals surface area contributed by atoms with E-state index in [2.05, 4.69) is 10.5 Å². The summed E-state index contributed by atoms with van der Waals surface area (Å²) in [5.41, 5.74) is 5.01. The van der Waals surface area contributed by atoms with Crippen LogP contribution in [0.3, 0.4) is 0 Å². The molecule has 2 aromatic carbocycles. The molecule has 0 spiro atoms. The quantitative estimate of drug-likeness (QED) is 0.442. The molecule has 0 atom stereocenters. The van der Waals surface area contributed by atoms with E-state index in [1.807, 2.05) is 38.1 Å². The van der Waals surface area contributed by atoms with Crippen molar-refractivity contribution in [2.75, 3.05) is 19.1 Å². The number of aryl methyl sites for hydroxylation is 1. The van der Waals surface area contributed by atoms with Gasteiger partial charge in [-0.25, -0.2) is 0 Å². The average molecular weight is 343 g/mol. The number of hydrogen-bond acceptors (Lipinski definition) is 6. The van der Waals surface area contributed by atoms with Crippen molar-refractivity contribution in [3.8, 4) is 11.5 Å². The third kappa shape index (κ3) is 4.94. The standard InChI is InChI=1S/C18H21N3O4/c1-4-9-25-18-10-14(16(21(22)23)11-17(18)24-3)12-19-20-15-7-5-13(2)6-8-15/h5-8,10-12,20H,4,9H2,1-3H3. The summed E-state index contributed by atoms with van der Waals surface area (Å²) in [5, 5.41) is 15.4. The Morgan fingerprint density at radius 2 is 1.96 bits per heavy atom. The maximum Gasteiger partial charge on any atom is 0.282 e. The summed E-state index contributed by atoms with van der Waals surface area (Å²) in [6.07, 6.45) is 2.22. The molecule has 0 heterocycles. The van der Waals surface area contributed by atoms with Crippen molar-refractivity contribution in [1.29, 1.82) is 0 Å². The van der Waals surface area contributed by atoms with E-state index in [0.29, 0.717) is 23.7 Å². The molecule has 0 amide bonds. The summed E-state index contributed by atoms with van der Waals surface area (Å²) < 4.78 is 10.8. The maximum absolute atomic E-state index is 11.3. The van der Waals surface area contributed by atoms with Crippen molar-refractivity contribution in [3.05, 3.63) is 57.6 Å². The van der Waals surface area contributed by atoms with Crippen LogP contribution in [0.25, 0.3) is 0 Å². The zero-order chi connectivity index (χ0) is 18.2. The molecule has 7 nitrogen and oxygen atoms in total. The molecule has 132 valence electrons. The number of benzene rings is 2. The molecule has 0 saturated carbocycles. The van der Waals surface area contributed by atoms with Gasteiger partial charge in [0.15, 0.2) is 11.5 Å². The van der Waals surface area contributed by atoms with Crippen molar-refractivity contribution in [3.63, 3.8) is 0 Å². The van der Waals surface area contributed by atoms with Crippen molar-refractivity contribution < 1.29 is 14.4 Å². The van der Waals surface area contributed by atoms with Crippen molar-refractivity contribution in [2.45, 2.75) is 20.3 Å². The fourth-order valence-electron chi connectivity index (χ4n) is 2.12. The Hall–Kier alpha value is -3.09. The van der Waals surface area contributed by atoms with Gasteiger partial charge in [0.25, 0.3) is 5.69 Å². The second-order valence-electron chi connectivity index (χ2n) is 5.40. The Balaban J connectivity index is 2.28. The summed E-state index contributed by atoms with van der Waals surface area (Å²) in [7, 11) is 1.45. The molecular formula is C18H21N3O4. The molecule has 1 N–H and O–H groups in total. The van der Waals surface area contributed by atoms with E-state index in [-0.39, 0.29) is 5.69 Å².